The number of rotatable bonds is 4. The van der Waals surface area contributed by atoms with Gasteiger partial charge in [0.05, 0.1) is 11.5 Å². The van der Waals surface area contributed by atoms with Crippen LogP contribution in [0.1, 0.15) is 60.1 Å². The Balaban J connectivity index is 1.87. The summed E-state index contributed by atoms with van der Waals surface area (Å²) in [6.07, 6.45) is -1.74. The van der Waals surface area contributed by atoms with Crippen molar-refractivity contribution >= 4 is 40.2 Å². The van der Waals surface area contributed by atoms with Gasteiger partial charge in [-0.3, -0.25) is 14.4 Å². The van der Waals surface area contributed by atoms with E-state index < -0.39 is 88.1 Å². The molecule has 0 bridgehead atoms. The van der Waals surface area contributed by atoms with E-state index in [0.717, 1.165) is 0 Å². The maximum absolute atomic E-state index is 17.5. The minimum absolute atomic E-state index is 0.0186. The molecule has 0 saturated heterocycles. The summed E-state index contributed by atoms with van der Waals surface area (Å²) in [5.41, 5.74) is -7.26. The Hall–Kier alpha value is -1.25. The maximum Gasteiger partial charge on any atom is 0.306 e. The lowest BCUT2D eigenvalue weighted by atomic mass is 9.44. The van der Waals surface area contributed by atoms with Gasteiger partial charge in [-0.2, -0.15) is 0 Å². The number of aliphatic hydroxyl groups excluding tert-OH is 1. The number of thioether (sulfide) groups is 1. The van der Waals surface area contributed by atoms with Crippen molar-refractivity contribution in [3.63, 3.8) is 0 Å². The van der Waals surface area contributed by atoms with Crippen LogP contribution in [0.15, 0.2) is 23.8 Å². The number of hydrogen-bond donors (Lipinski definition) is 1. The average Bonchev–Trinajstić information content (AvgIpc) is 3.03. The number of allylic oxidation sites excluding steroid dienone is 4. The molecule has 5 nitrogen and oxygen atoms in total. The number of aliphatic hydroxyl groups is 1. The quantitative estimate of drug-likeness (QED) is 0.426. The first-order valence-electron chi connectivity index (χ1n) is 13.7. The van der Waals surface area contributed by atoms with Crippen molar-refractivity contribution < 1.29 is 39.9 Å². The van der Waals surface area contributed by atoms with E-state index in [4.69, 9.17) is 23.2 Å². The molecule has 34 heavy (non-hydrogen) atoms. The minimum Gasteiger partial charge on any atom is -0.449 e. The molecule has 188 valence electrons. The first-order chi connectivity index (χ1) is 17.8. The Kier molecular flexibility index (Phi) is 4.92. The number of hydrogen-bond acceptors (Lipinski definition) is 6. The van der Waals surface area contributed by atoms with Crippen LogP contribution >= 0.6 is 23.4 Å². The zero-order valence-electron chi connectivity index (χ0n) is 24.1. The number of fused-ring (bicyclic) bond motifs is 5. The zero-order valence-corrected chi connectivity index (χ0v) is 20.6. The first kappa shape index (κ1) is 19.9. The summed E-state index contributed by atoms with van der Waals surface area (Å²) >= 11 is 6.89. The van der Waals surface area contributed by atoms with E-state index in [9.17, 15) is 23.9 Å². The Bertz CT molecular complexity index is 1170. The van der Waals surface area contributed by atoms with E-state index in [1.165, 1.54) is 32.1 Å². The van der Waals surface area contributed by atoms with E-state index >= 15 is 4.39 Å². The van der Waals surface area contributed by atoms with Crippen LogP contribution in [0.5, 0.6) is 0 Å². The molecule has 9 atom stereocenters. The van der Waals surface area contributed by atoms with Crippen molar-refractivity contribution in [3.8, 4) is 0 Å². The highest BCUT2D eigenvalue weighted by Crippen LogP contribution is 2.72. The molecule has 0 heterocycles. The molecule has 3 fully saturated rings. The zero-order chi connectivity index (χ0) is 29.6. The summed E-state index contributed by atoms with van der Waals surface area (Å²) in [6, 6.07) is -1.20. The molecule has 0 spiro atoms. The fourth-order valence-corrected chi connectivity index (χ4v) is 8.82. The molecule has 4 aliphatic carbocycles. The SMILES string of the molecule is [2H]C([2H])([2H])C([2H])([2H])C(=O)OC1(C(=O)SCF)[C@H](C)C[C@@H]2[C@@H]3C[C@H](Cl)C4=CC(=O)C=C[C@]4(C)[C@]3(F)[C@@H](O)C[C@@]21C. The number of ketones is 1. The summed E-state index contributed by atoms with van der Waals surface area (Å²) in [5.74, 6) is -4.85. The van der Waals surface area contributed by atoms with Crippen LogP contribution in [0.25, 0.3) is 0 Å². The van der Waals surface area contributed by atoms with Crippen molar-refractivity contribution in [1.82, 2.24) is 0 Å². The van der Waals surface area contributed by atoms with Crippen LogP contribution in [-0.4, -0.2) is 50.7 Å². The van der Waals surface area contributed by atoms with Gasteiger partial charge < -0.3 is 9.84 Å². The molecule has 0 aliphatic heterocycles. The van der Waals surface area contributed by atoms with Crippen LogP contribution in [0.2, 0.25) is 0 Å². The van der Waals surface area contributed by atoms with E-state index in [-0.39, 0.29) is 30.4 Å². The van der Waals surface area contributed by atoms with Gasteiger partial charge in [0.15, 0.2) is 17.1 Å². The predicted octanol–water partition coefficient (Wildman–Crippen LogP) is 4.70. The standard InChI is InChI=1S/C25H31ClF2O5S/c1-5-20(31)33-25(21(32)34-12-27)13(2)8-15-16-10-18(26)17-9-14(29)6-7-22(17,3)24(16,28)19(30)11-23(15,25)4/h6-7,9,13,15-16,18-19,30H,5,8,10-12H2,1-4H3/t13-,15-,16+,18+,19+,22+,23+,24-,25?/m1/s1/i1D3,5D2. The molecular weight excluding hydrogens is 486 g/mol. The normalized spacial score (nSPS) is 50.3. The molecule has 1 unspecified atom stereocenters. The highest BCUT2D eigenvalue weighted by atomic mass is 35.5. The maximum atomic E-state index is 17.5. The number of ether oxygens (including phenoxy) is 1. The van der Waals surface area contributed by atoms with Gasteiger partial charge in [-0.05, 0) is 61.6 Å². The molecule has 0 radical (unpaired) electrons. The van der Waals surface area contributed by atoms with Crippen molar-refractivity contribution in [2.75, 3.05) is 6.01 Å². The van der Waals surface area contributed by atoms with Crippen molar-refractivity contribution in [2.24, 2.45) is 28.6 Å². The minimum atomic E-state index is -3.50. The second-order valence-electron chi connectivity index (χ2n) is 10.3. The molecule has 4 aliphatic rings. The fraction of sp³-hybridized carbons (Fsp3) is 0.720. The Labute approximate surface area is 214 Å². The lowest BCUT2D eigenvalue weighted by Crippen LogP contribution is -2.70. The van der Waals surface area contributed by atoms with Gasteiger partial charge in [0, 0.05) is 35.9 Å². The molecule has 0 aromatic heterocycles. The largest absolute Gasteiger partial charge is 0.449 e. The van der Waals surface area contributed by atoms with Crippen molar-refractivity contribution in [3.05, 3.63) is 23.8 Å². The van der Waals surface area contributed by atoms with E-state index in [1.54, 1.807) is 6.92 Å². The third-order valence-corrected chi connectivity index (χ3v) is 10.1. The number of carbonyl (C=O) groups is 3. The number of carbonyl (C=O) groups excluding carboxylic acids is 3. The summed E-state index contributed by atoms with van der Waals surface area (Å²) in [7, 11) is 0. The highest BCUT2D eigenvalue weighted by molar-refractivity contribution is 8.13. The average molecular weight is 522 g/mol. The third-order valence-electron chi connectivity index (χ3n) is 9.01. The smallest absolute Gasteiger partial charge is 0.306 e. The molecule has 0 amide bonds. The van der Waals surface area contributed by atoms with Gasteiger partial charge in [0.1, 0.15) is 6.01 Å². The van der Waals surface area contributed by atoms with Gasteiger partial charge in [0.2, 0.25) is 5.12 Å². The monoisotopic (exact) mass is 521 g/mol. The van der Waals surface area contributed by atoms with Gasteiger partial charge in [0.25, 0.3) is 0 Å². The summed E-state index contributed by atoms with van der Waals surface area (Å²) in [5, 5.41) is 9.77. The number of halogens is 3. The fourth-order valence-electron chi connectivity index (χ4n) is 7.55. The van der Waals surface area contributed by atoms with Gasteiger partial charge >= 0.3 is 5.97 Å². The van der Waals surface area contributed by atoms with E-state index in [2.05, 4.69) is 0 Å². The molecular formula is C25H31ClF2O5S. The van der Waals surface area contributed by atoms with Gasteiger partial charge in [-0.1, -0.05) is 26.8 Å². The lowest BCUT2D eigenvalue weighted by Gasteiger charge is -2.63. The molecule has 0 aromatic rings. The number of alkyl halides is 3. The highest BCUT2D eigenvalue weighted by Gasteiger charge is 2.78. The summed E-state index contributed by atoms with van der Waals surface area (Å²) < 4.78 is 74.7. The Morgan fingerprint density at radius 1 is 1.38 bits per heavy atom. The number of esters is 1. The van der Waals surface area contributed by atoms with Crippen LogP contribution in [0, 0.1) is 28.6 Å². The first-order valence-corrected chi connectivity index (χ1v) is 12.6. The van der Waals surface area contributed by atoms with Crippen LogP contribution in [-0.2, 0) is 19.1 Å². The van der Waals surface area contributed by atoms with Gasteiger partial charge in [-0.15, -0.1) is 11.6 Å². The van der Waals surface area contributed by atoms with Crippen molar-refractivity contribution in [1.29, 1.82) is 0 Å². The predicted molar refractivity (Wildman–Crippen MR) is 126 cm³/mol. The van der Waals surface area contributed by atoms with E-state index in [0.29, 0.717) is 5.57 Å². The molecule has 9 heteroatoms. The second-order valence-corrected chi connectivity index (χ2v) is 11.7. The Morgan fingerprint density at radius 2 is 2.09 bits per heavy atom. The second kappa shape index (κ2) is 8.41. The van der Waals surface area contributed by atoms with Gasteiger partial charge in [-0.25, -0.2) is 8.78 Å². The lowest BCUT2D eigenvalue weighted by molar-refractivity contribution is -0.224. The summed E-state index contributed by atoms with van der Waals surface area (Å²) in [6.45, 7) is 1.16. The molecule has 3 saturated carbocycles. The molecule has 4 rings (SSSR count). The molecule has 1 N–H and O–H groups in total. The van der Waals surface area contributed by atoms with Crippen molar-refractivity contribution in [2.45, 2.75) is 76.0 Å². The van der Waals surface area contributed by atoms with Crippen LogP contribution in [0.4, 0.5) is 8.78 Å². The van der Waals surface area contributed by atoms with Crippen LogP contribution in [0.3, 0.4) is 0 Å². The molecule has 0 aromatic carbocycles. The topological polar surface area (TPSA) is 80.7 Å². The summed E-state index contributed by atoms with van der Waals surface area (Å²) in [4.78, 5) is 38.8. The van der Waals surface area contributed by atoms with Crippen LogP contribution < -0.4 is 0 Å². The Morgan fingerprint density at radius 3 is 2.74 bits per heavy atom. The van der Waals surface area contributed by atoms with E-state index in [1.807, 2.05) is 0 Å². The third kappa shape index (κ3) is 3.10.